The van der Waals surface area contributed by atoms with Crippen LogP contribution in [-0.2, 0) is 0 Å². The summed E-state index contributed by atoms with van der Waals surface area (Å²) >= 11 is 0. The lowest BCUT2D eigenvalue weighted by atomic mass is 9.98. The first-order chi connectivity index (χ1) is 6.88. The molecule has 0 aromatic heterocycles. The normalized spacial score (nSPS) is 24.6. The van der Waals surface area contributed by atoms with Gasteiger partial charge in [-0.2, -0.15) is 0 Å². The molecule has 1 aliphatic carbocycles. The van der Waals surface area contributed by atoms with Gasteiger partial charge in [0.15, 0.2) is 0 Å². The maximum Gasteiger partial charge on any atom is 0.0601 e. The molecular weight excluding hydrogens is 174 g/mol. The lowest BCUT2D eigenvalue weighted by Gasteiger charge is -2.08. The number of oxime groups is 1. The summed E-state index contributed by atoms with van der Waals surface area (Å²) in [4.78, 5) is 0. The van der Waals surface area contributed by atoms with E-state index in [9.17, 15) is 0 Å². The van der Waals surface area contributed by atoms with Crippen molar-refractivity contribution in [2.75, 3.05) is 0 Å². The summed E-state index contributed by atoms with van der Waals surface area (Å²) in [6.07, 6.45) is 11.4. The minimum absolute atomic E-state index is 0.599. The zero-order valence-corrected chi connectivity index (χ0v) is 9.34. The van der Waals surface area contributed by atoms with Crippen LogP contribution >= 0.6 is 0 Å². The first-order valence-corrected chi connectivity index (χ1v) is 6.09. The van der Waals surface area contributed by atoms with Crippen LogP contribution in [0.15, 0.2) is 5.16 Å². The second kappa shape index (κ2) is 6.86. The van der Waals surface area contributed by atoms with Crippen molar-refractivity contribution in [2.45, 2.75) is 64.7 Å². The molecule has 0 heterocycles. The fraction of sp³-hybridized carbons (Fsp3) is 0.917. The number of rotatable bonds is 6. The second-order valence-corrected chi connectivity index (χ2v) is 4.38. The van der Waals surface area contributed by atoms with Gasteiger partial charge >= 0.3 is 0 Å². The Morgan fingerprint density at radius 1 is 1.29 bits per heavy atom. The van der Waals surface area contributed by atoms with Gasteiger partial charge in [-0.15, -0.1) is 0 Å². The Labute approximate surface area is 87.4 Å². The van der Waals surface area contributed by atoms with Crippen molar-refractivity contribution in [3.8, 4) is 0 Å². The van der Waals surface area contributed by atoms with Gasteiger partial charge in [-0.25, -0.2) is 0 Å². The van der Waals surface area contributed by atoms with Gasteiger partial charge in [0.05, 0.1) is 5.71 Å². The molecule has 1 fully saturated rings. The van der Waals surface area contributed by atoms with E-state index in [-0.39, 0.29) is 0 Å². The van der Waals surface area contributed by atoms with Crippen LogP contribution < -0.4 is 0 Å². The highest BCUT2D eigenvalue weighted by Crippen LogP contribution is 2.27. The molecule has 0 saturated heterocycles. The smallest absolute Gasteiger partial charge is 0.0601 e. The molecule has 0 aromatic rings. The van der Waals surface area contributed by atoms with E-state index in [0.29, 0.717) is 5.92 Å². The third kappa shape index (κ3) is 3.69. The Morgan fingerprint density at radius 3 is 2.79 bits per heavy atom. The van der Waals surface area contributed by atoms with E-state index in [2.05, 4.69) is 12.1 Å². The predicted octanol–water partition coefficient (Wildman–Crippen LogP) is 3.98. The average Bonchev–Trinajstić information content (AvgIpc) is 2.65. The SMILES string of the molecule is CCCCCCCC1CCC/C1=N/O. The average molecular weight is 197 g/mol. The largest absolute Gasteiger partial charge is 0.411 e. The Balaban J connectivity index is 2.06. The zero-order valence-electron chi connectivity index (χ0n) is 9.34. The first-order valence-electron chi connectivity index (χ1n) is 6.09. The van der Waals surface area contributed by atoms with Crippen LogP contribution in [0.25, 0.3) is 0 Å². The lowest BCUT2D eigenvalue weighted by molar-refractivity contribution is 0.314. The Kier molecular flexibility index (Phi) is 5.65. The van der Waals surface area contributed by atoms with E-state index in [4.69, 9.17) is 5.21 Å². The van der Waals surface area contributed by atoms with Crippen molar-refractivity contribution in [1.82, 2.24) is 0 Å². The molecule has 0 aromatic carbocycles. The molecule has 0 spiro atoms. The number of nitrogens with zero attached hydrogens (tertiary/aromatic N) is 1. The molecule has 14 heavy (non-hydrogen) atoms. The highest BCUT2D eigenvalue weighted by atomic mass is 16.4. The highest BCUT2D eigenvalue weighted by Gasteiger charge is 2.22. The van der Waals surface area contributed by atoms with Gasteiger partial charge in [-0.3, -0.25) is 0 Å². The van der Waals surface area contributed by atoms with Gasteiger partial charge in [-0.1, -0.05) is 44.2 Å². The van der Waals surface area contributed by atoms with Gasteiger partial charge in [0.1, 0.15) is 0 Å². The molecule has 1 unspecified atom stereocenters. The predicted molar refractivity (Wildman–Crippen MR) is 59.9 cm³/mol. The van der Waals surface area contributed by atoms with Crippen LogP contribution in [0.1, 0.15) is 64.7 Å². The molecule has 0 aliphatic heterocycles. The monoisotopic (exact) mass is 197 g/mol. The zero-order chi connectivity index (χ0) is 10.2. The third-order valence-electron chi connectivity index (χ3n) is 3.24. The van der Waals surface area contributed by atoms with Crippen LogP contribution in [0.4, 0.5) is 0 Å². The molecule has 0 radical (unpaired) electrons. The fourth-order valence-electron chi connectivity index (χ4n) is 2.34. The number of unbranched alkanes of at least 4 members (excludes halogenated alkanes) is 4. The molecule has 0 bridgehead atoms. The fourth-order valence-corrected chi connectivity index (χ4v) is 2.34. The molecule has 2 nitrogen and oxygen atoms in total. The van der Waals surface area contributed by atoms with E-state index < -0.39 is 0 Å². The van der Waals surface area contributed by atoms with Crippen LogP contribution in [0.5, 0.6) is 0 Å². The third-order valence-corrected chi connectivity index (χ3v) is 3.24. The molecule has 1 saturated carbocycles. The van der Waals surface area contributed by atoms with E-state index in [1.54, 1.807) is 0 Å². The van der Waals surface area contributed by atoms with Crippen LogP contribution in [0.3, 0.4) is 0 Å². The van der Waals surface area contributed by atoms with Crippen molar-refractivity contribution in [3.05, 3.63) is 0 Å². The first kappa shape index (κ1) is 11.5. The quantitative estimate of drug-likeness (QED) is 0.390. The molecule has 0 amide bonds. The molecule has 1 rings (SSSR count). The number of hydrogen-bond acceptors (Lipinski definition) is 2. The maximum atomic E-state index is 8.77. The summed E-state index contributed by atoms with van der Waals surface area (Å²) in [7, 11) is 0. The molecule has 82 valence electrons. The van der Waals surface area contributed by atoms with Crippen molar-refractivity contribution < 1.29 is 5.21 Å². The van der Waals surface area contributed by atoms with Crippen LogP contribution in [0, 0.1) is 5.92 Å². The van der Waals surface area contributed by atoms with Crippen LogP contribution in [0.2, 0.25) is 0 Å². The summed E-state index contributed by atoms with van der Waals surface area (Å²) in [5.41, 5.74) is 1.06. The Bertz CT molecular complexity index is 177. The summed E-state index contributed by atoms with van der Waals surface area (Å²) < 4.78 is 0. The summed E-state index contributed by atoms with van der Waals surface area (Å²) in [6.45, 7) is 2.24. The molecule has 1 aliphatic rings. The van der Waals surface area contributed by atoms with Gasteiger partial charge in [0.25, 0.3) is 0 Å². The van der Waals surface area contributed by atoms with E-state index >= 15 is 0 Å². The van der Waals surface area contributed by atoms with Gasteiger partial charge in [0, 0.05) is 5.92 Å². The van der Waals surface area contributed by atoms with E-state index in [1.165, 1.54) is 51.4 Å². The summed E-state index contributed by atoms with van der Waals surface area (Å²) in [5.74, 6) is 0.599. The van der Waals surface area contributed by atoms with E-state index in [0.717, 1.165) is 12.1 Å². The Morgan fingerprint density at radius 2 is 2.07 bits per heavy atom. The van der Waals surface area contributed by atoms with Crippen LogP contribution in [-0.4, -0.2) is 10.9 Å². The molecule has 2 heteroatoms. The van der Waals surface area contributed by atoms with Gasteiger partial charge in [0.2, 0.25) is 0 Å². The number of hydrogen-bond donors (Lipinski definition) is 1. The maximum absolute atomic E-state index is 8.77. The van der Waals surface area contributed by atoms with E-state index in [1.807, 2.05) is 0 Å². The van der Waals surface area contributed by atoms with Crippen molar-refractivity contribution in [2.24, 2.45) is 11.1 Å². The molecule has 1 atom stereocenters. The second-order valence-electron chi connectivity index (χ2n) is 4.38. The summed E-state index contributed by atoms with van der Waals surface area (Å²) in [6, 6.07) is 0. The topological polar surface area (TPSA) is 32.6 Å². The standard InChI is InChI=1S/C12H23NO/c1-2-3-4-5-6-8-11-9-7-10-12(11)13-14/h11,14H,2-10H2,1H3/b13-12-. The van der Waals surface area contributed by atoms with Crippen molar-refractivity contribution >= 4 is 5.71 Å². The lowest BCUT2D eigenvalue weighted by Crippen LogP contribution is -2.06. The van der Waals surface area contributed by atoms with Gasteiger partial charge in [-0.05, 0) is 25.7 Å². The summed E-state index contributed by atoms with van der Waals surface area (Å²) in [5, 5.41) is 12.2. The minimum Gasteiger partial charge on any atom is -0.411 e. The van der Waals surface area contributed by atoms with Gasteiger partial charge < -0.3 is 5.21 Å². The van der Waals surface area contributed by atoms with Crippen molar-refractivity contribution in [1.29, 1.82) is 0 Å². The molecule has 1 N–H and O–H groups in total. The minimum atomic E-state index is 0.599. The Hall–Kier alpha value is -0.530. The van der Waals surface area contributed by atoms with Crippen molar-refractivity contribution in [3.63, 3.8) is 0 Å². The molecular formula is C12H23NO. The highest BCUT2D eigenvalue weighted by molar-refractivity contribution is 5.87.